The van der Waals surface area contributed by atoms with Crippen LogP contribution in [0.15, 0.2) is 59.8 Å². The minimum absolute atomic E-state index is 0.00618. The van der Waals surface area contributed by atoms with Gasteiger partial charge in [0.15, 0.2) is 11.0 Å². The third kappa shape index (κ3) is 5.96. The molecule has 0 saturated carbocycles. The van der Waals surface area contributed by atoms with Crippen molar-refractivity contribution in [1.29, 1.82) is 0 Å². The number of carbonyl (C=O) groups is 2. The molecule has 172 valence electrons. The topological polar surface area (TPSA) is 92.2 Å². The number of piperidine rings is 1. The third-order valence-electron chi connectivity index (χ3n) is 5.29. The number of halogens is 1. The number of hydrogen-bond acceptors (Lipinski definition) is 6. The summed E-state index contributed by atoms with van der Waals surface area (Å²) in [5.41, 5.74) is 5.34. The van der Waals surface area contributed by atoms with Gasteiger partial charge in [0.05, 0.1) is 17.9 Å². The molecule has 1 aliphatic heterocycles. The molecule has 1 aromatic heterocycles. The van der Waals surface area contributed by atoms with Crippen LogP contribution >= 0.6 is 11.8 Å². The van der Waals surface area contributed by atoms with Gasteiger partial charge >= 0.3 is 0 Å². The van der Waals surface area contributed by atoms with E-state index in [0.717, 1.165) is 24.6 Å². The zero-order valence-electron chi connectivity index (χ0n) is 18.0. The summed E-state index contributed by atoms with van der Waals surface area (Å²) in [6.45, 7) is 2.76. The Labute approximate surface area is 195 Å². The number of rotatable bonds is 7. The SMILES string of the molecule is O=C(CSc1nnc(CN2CCCCC2)n1-c1ccccc1)NNC(=O)c1ccccc1F. The lowest BCUT2D eigenvalue weighted by Crippen LogP contribution is -2.42. The Morgan fingerprint density at radius 2 is 1.67 bits per heavy atom. The Morgan fingerprint density at radius 3 is 2.42 bits per heavy atom. The molecular weight excluding hydrogens is 443 g/mol. The summed E-state index contributed by atoms with van der Waals surface area (Å²) < 4.78 is 15.7. The van der Waals surface area contributed by atoms with Crippen molar-refractivity contribution in [2.75, 3.05) is 18.8 Å². The average molecular weight is 469 g/mol. The second-order valence-electron chi connectivity index (χ2n) is 7.68. The van der Waals surface area contributed by atoms with Gasteiger partial charge in [0.1, 0.15) is 5.82 Å². The van der Waals surface area contributed by atoms with Crippen LogP contribution in [0.25, 0.3) is 5.69 Å². The lowest BCUT2D eigenvalue weighted by Gasteiger charge is -2.26. The molecule has 0 spiro atoms. The van der Waals surface area contributed by atoms with Crippen molar-refractivity contribution in [3.8, 4) is 5.69 Å². The molecule has 2 heterocycles. The molecule has 2 amide bonds. The van der Waals surface area contributed by atoms with Crippen LogP contribution in [-0.4, -0.2) is 50.3 Å². The number of aromatic nitrogens is 3. The second kappa shape index (κ2) is 11.1. The maximum Gasteiger partial charge on any atom is 0.272 e. The fourth-order valence-electron chi connectivity index (χ4n) is 3.66. The van der Waals surface area contributed by atoms with Gasteiger partial charge in [-0.25, -0.2) is 4.39 Å². The van der Waals surface area contributed by atoms with Gasteiger partial charge in [0.25, 0.3) is 5.91 Å². The van der Waals surface area contributed by atoms with Crippen molar-refractivity contribution in [3.63, 3.8) is 0 Å². The normalized spacial score (nSPS) is 14.1. The number of nitrogens with one attached hydrogen (secondary N) is 2. The predicted octanol–water partition coefficient (Wildman–Crippen LogP) is 2.95. The first kappa shape index (κ1) is 22.9. The molecule has 10 heteroatoms. The van der Waals surface area contributed by atoms with E-state index >= 15 is 0 Å². The smallest absolute Gasteiger partial charge is 0.272 e. The van der Waals surface area contributed by atoms with Gasteiger partial charge in [0.2, 0.25) is 5.91 Å². The van der Waals surface area contributed by atoms with Gasteiger partial charge < -0.3 is 0 Å². The number of likely N-dealkylation sites (tertiary alicyclic amines) is 1. The van der Waals surface area contributed by atoms with Crippen molar-refractivity contribution < 1.29 is 14.0 Å². The maximum atomic E-state index is 13.7. The molecular formula is C23H25FN6O2S. The lowest BCUT2D eigenvalue weighted by molar-refractivity contribution is -0.119. The van der Waals surface area contributed by atoms with E-state index in [-0.39, 0.29) is 11.3 Å². The molecule has 0 bridgehead atoms. The van der Waals surface area contributed by atoms with Gasteiger partial charge in [-0.2, -0.15) is 0 Å². The van der Waals surface area contributed by atoms with Crippen LogP contribution in [0.2, 0.25) is 0 Å². The number of amides is 2. The van der Waals surface area contributed by atoms with Crippen LogP contribution in [0.3, 0.4) is 0 Å². The summed E-state index contributed by atoms with van der Waals surface area (Å²) in [6, 6.07) is 15.3. The van der Waals surface area contributed by atoms with Crippen LogP contribution in [0.1, 0.15) is 35.4 Å². The van der Waals surface area contributed by atoms with Gasteiger partial charge in [-0.15, -0.1) is 10.2 Å². The van der Waals surface area contributed by atoms with Gasteiger partial charge in [0, 0.05) is 5.69 Å². The van der Waals surface area contributed by atoms with E-state index in [1.54, 1.807) is 6.07 Å². The number of hydrogen-bond donors (Lipinski definition) is 2. The monoisotopic (exact) mass is 468 g/mol. The van der Waals surface area contributed by atoms with Crippen molar-refractivity contribution in [1.82, 2.24) is 30.5 Å². The first-order valence-corrected chi connectivity index (χ1v) is 11.8. The van der Waals surface area contributed by atoms with Gasteiger partial charge in [-0.05, 0) is 50.2 Å². The summed E-state index contributed by atoms with van der Waals surface area (Å²) >= 11 is 1.22. The molecule has 0 atom stereocenters. The van der Waals surface area contributed by atoms with E-state index in [1.165, 1.54) is 49.2 Å². The van der Waals surface area contributed by atoms with E-state index in [0.29, 0.717) is 11.7 Å². The standard InChI is InChI=1S/C23H25FN6O2S/c24-19-12-6-5-11-18(19)22(32)27-26-21(31)16-33-23-28-25-20(15-29-13-7-2-8-14-29)30(23)17-9-3-1-4-10-17/h1,3-6,9-12H,2,7-8,13-16H2,(H,26,31)(H,27,32). The third-order valence-corrected chi connectivity index (χ3v) is 6.22. The fraction of sp³-hybridized carbons (Fsp3) is 0.304. The minimum Gasteiger partial charge on any atom is -0.296 e. The molecule has 33 heavy (non-hydrogen) atoms. The Hall–Kier alpha value is -3.24. The highest BCUT2D eigenvalue weighted by Gasteiger charge is 2.20. The number of nitrogens with zero attached hydrogens (tertiary/aromatic N) is 4. The molecule has 0 aliphatic carbocycles. The Kier molecular flexibility index (Phi) is 7.69. The van der Waals surface area contributed by atoms with E-state index in [4.69, 9.17) is 0 Å². The van der Waals surface area contributed by atoms with E-state index in [9.17, 15) is 14.0 Å². The Balaban J connectivity index is 1.40. The van der Waals surface area contributed by atoms with Crippen molar-refractivity contribution in [3.05, 3.63) is 71.8 Å². The van der Waals surface area contributed by atoms with E-state index in [1.807, 2.05) is 34.9 Å². The number of para-hydroxylation sites is 1. The summed E-state index contributed by atoms with van der Waals surface area (Å²) in [7, 11) is 0. The summed E-state index contributed by atoms with van der Waals surface area (Å²) in [5.74, 6) is -0.992. The highest BCUT2D eigenvalue weighted by Crippen LogP contribution is 2.23. The largest absolute Gasteiger partial charge is 0.296 e. The van der Waals surface area contributed by atoms with Gasteiger partial charge in [-0.1, -0.05) is 48.5 Å². The number of hydrazine groups is 1. The number of carbonyl (C=O) groups excluding carboxylic acids is 2. The highest BCUT2D eigenvalue weighted by atomic mass is 32.2. The molecule has 0 unspecified atom stereocenters. The molecule has 8 nitrogen and oxygen atoms in total. The van der Waals surface area contributed by atoms with Crippen LogP contribution in [0.4, 0.5) is 4.39 Å². The minimum atomic E-state index is -0.720. The molecule has 3 aromatic rings. The van der Waals surface area contributed by atoms with Crippen molar-refractivity contribution in [2.24, 2.45) is 0 Å². The zero-order chi connectivity index (χ0) is 23.0. The van der Waals surface area contributed by atoms with Crippen molar-refractivity contribution in [2.45, 2.75) is 31.0 Å². The lowest BCUT2D eigenvalue weighted by atomic mass is 10.1. The molecule has 4 rings (SSSR count). The quantitative estimate of drug-likeness (QED) is 0.409. The summed E-state index contributed by atoms with van der Waals surface area (Å²) in [5, 5.41) is 9.30. The number of thioether (sulfide) groups is 1. The first-order valence-electron chi connectivity index (χ1n) is 10.8. The van der Waals surface area contributed by atoms with Crippen molar-refractivity contribution >= 4 is 23.6 Å². The predicted molar refractivity (Wildman–Crippen MR) is 123 cm³/mol. The van der Waals surface area contributed by atoms with Crippen LogP contribution in [0, 0.1) is 5.82 Å². The highest BCUT2D eigenvalue weighted by molar-refractivity contribution is 7.99. The van der Waals surface area contributed by atoms with E-state index < -0.39 is 17.6 Å². The van der Waals surface area contributed by atoms with Crippen LogP contribution in [0.5, 0.6) is 0 Å². The first-order chi connectivity index (χ1) is 16.1. The Morgan fingerprint density at radius 1 is 0.939 bits per heavy atom. The van der Waals surface area contributed by atoms with Crippen LogP contribution < -0.4 is 10.9 Å². The molecule has 0 radical (unpaired) electrons. The number of benzene rings is 2. The molecule has 2 N–H and O–H groups in total. The summed E-state index contributed by atoms with van der Waals surface area (Å²) in [6.07, 6.45) is 3.62. The average Bonchev–Trinajstić information content (AvgIpc) is 3.25. The maximum absolute atomic E-state index is 13.7. The Bertz CT molecular complexity index is 1100. The van der Waals surface area contributed by atoms with E-state index in [2.05, 4.69) is 25.9 Å². The molecule has 1 saturated heterocycles. The summed E-state index contributed by atoms with van der Waals surface area (Å²) in [4.78, 5) is 26.7. The molecule has 1 aliphatic rings. The van der Waals surface area contributed by atoms with Crippen LogP contribution in [-0.2, 0) is 11.3 Å². The molecule has 2 aromatic carbocycles. The molecule has 1 fully saturated rings. The van der Waals surface area contributed by atoms with Gasteiger partial charge in [-0.3, -0.25) is 29.9 Å². The fourth-order valence-corrected chi connectivity index (χ4v) is 4.43. The zero-order valence-corrected chi connectivity index (χ0v) is 18.9. The second-order valence-corrected chi connectivity index (χ2v) is 8.62.